The molecule has 0 aliphatic rings. The summed E-state index contributed by atoms with van der Waals surface area (Å²) in [5.41, 5.74) is 1.79. The first-order valence-electron chi connectivity index (χ1n) is 8.64. The van der Waals surface area contributed by atoms with Crippen molar-refractivity contribution in [2.75, 3.05) is 6.54 Å². The number of pyridine rings is 1. The van der Waals surface area contributed by atoms with Crippen LogP contribution in [0.2, 0.25) is 0 Å². The summed E-state index contributed by atoms with van der Waals surface area (Å²) in [6.07, 6.45) is 4.81. The third kappa shape index (κ3) is 4.26. The molecule has 0 aliphatic heterocycles. The highest BCUT2D eigenvalue weighted by Gasteiger charge is 2.10. The molecule has 0 saturated carbocycles. The second kappa shape index (κ2) is 8.74. The molecule has 0 atom stereocenters. The molecular weight excluding hydrogens is 376 g/mol. The van der Waals surface area contributed by atoms with Crippen LogP contribution in [0.4, 0.5) is 0 Å². The molecule has 0 spiro atoms. The lowest BCUT2D eigenvalue weighted by Crippen LogP contribution is -2.32. The molecule has 148 valence electrons. The van der Waals surface area contributed by atoms with Crippen LogP contribution in [0, 0.1) is 0 Å². The fourth-order valence-corrected chi connectivity index (χ4v) is 2.81. The third-order valence-corrected chi connectivity index (χ3v) is 4.23. The number of carbonyl (C=O) groups excluding carboxylic acids is 1. The van der Waals surface area contributed by atoms with Crippen LogP contribution >= 0.6 is 0 Å². The highest BCUT2D eigenvalue weighted by molar-refractivity contribution is 5.96. The molecule has 0 radical (unpaired) electrons. The normalized spacial score (nSPS) is 10.4. The molecule has 0 unspecified atom stereocenters. The van der Waals surface area contributed by atoms with Crippen molar-refractivity contribution in [2.45, 2.75) is 6.54 Å². The summed E-state index contributed by atoms with van der Waals surface area (Å²) in [5.74, 6) is -0.255. The van der Waals surface area contributed by atoms with Crippen molar-refractivity contribution >= 4 is 34.2 Å². The Labute approximate surface area is 164 Å². The summed E-state index contributed by atoms with van der Waals surface area (Å²) in [6, 6.07) is 9.03. The first-order chi connectivity index (χ1) is 14.0. The van der Waals surface area contributed by atoms with Gasteiger partial charge in [0.25, 0.3) is 17.9 Å². The number of hydrogen-bond donors (Lipinski definition) is 2. The Morgan fingerprint density at radius 1 is 1.21 bits per heavy atom. The minimum Gasteiger partial charge on any atom is -0.483 e. The van der Waals surface area contributed by atoms with Crippen molar-refractivity contribution in [3.63, 3.8) is 0 Å². The van der Waals surface area contributed by atoms with Gasteiger partial charge in [-0.05, 0) is 12.1 Å². The van der Waals surface area contributed by atoms with Crippen LogP contribution < -0.4 is 10.9 Å². The Balaban J connectivity index is 0.000000755. The Morgan fingerprint density at radius 2 is 1.97 bits per heavy atom. The van der Waals surface area contributed by atoms with Gasteiger partial charge in [-0.25, -0.2) is 4.68 Å². The number of carbonyl (C=O) groups is 2. The zero-order valence-electron chi connectivity index (χ0n) is 15.5. The largest absolute Gasteiger partial charge is 0.483 e. The molecule has 10 heteroatoms. The number of aromatic nitrogens is 5. The number of fused-ring (bicyclic) bond motifs is 2. The van der Waals surface area contributed by atoms with Crippen LogP contribution in [0.25, 0.3) is 21.8 Å². The quantitative estimate of drug-likeness (QED) is 0.490. The predicted molar refractivity (Wildman–Crippen MR) is 106 cm³/mol. The number of hydrogen-bond acceptors (Lipinski definition) is 6. The van der Waals surface area contributed by atoms with Crippen molar-refractivity contribution in [2.24, 2.45) is 7.05 Å². The molecule has 0 bridgehead atoms. The van der Waals surface area contributed by atoms with Crippen molar-refractivity contribution in [1.82, 2.24) is 29.9 Å². The Morgan fingerprint density at radius 3 is 2.76 bits per heavy atom. The zero-order valence-corrected chi connectivity index (χ0v) is 15.5. The molecule has 0 fully saturated rings. The maximum atomic E-state index is 12.4. The zero-order chi connectivity index (χ0) is 20.8. The van der Waals surface area contributed by atoms with E-state index in [0.717, 1.165) is 16.4 Å². The van der Waals surface area contributed by atoms with Gasteiger partial charge in [0.15, 0.2) is 0 Å². The number of nitrogens with zero attached hydrogens (tertiary/aromatic N) is 5. The number of amides is 1. The van der Waals surface area contributed by atoms with Gasteiger partial charge in [-0.2, -0.15) is 10.2 Å². The Hall–Kier alpha value is -4.08. The van der Waals surface area contributed by atoms with E-state index in [1.807, 2.05) is 18.2 Å². The molecule has 0 aliphatic carbocycles. The standard InChI is InChI=1S/C18H16N6O2.CH2O2/c1-23-16-8-13(9-20-15(16)11-21-23)17(25)19-6-7-24-18(26)14-5-3-2-4-12(14)10-22-24;2-1-3/h2-5,8-11H,6-7H2,1H3,(H,19,25);1H,(H,2,3). The van der Waals surface area contributed by atoms with E-state index in [2.05, 4.69) is 20.5 Å². The number of rotatable bonds is 4. The van der Waals surface area contributed by atoms with E-state index in [-0.39, 0.29) is 31.0 Å². The summed E-state index contributed by atoms with van der Waals surface area (Å²) in [4.78, 5) is 37.3. The van der Waals surface area contributed by atoms with Crippen LogP contribution in [-0.4, -0.2) is 48.6 Å². The van der Waals surface area contributed by atoms with E-state index in [1.54, 1.807) is 36.3 Å². The van der Waals surface area contributed by atoms with Crippen LogP contribution in [0.1, 0.15) is 10.4 Å². The van der Waals surface area contributed by atoms with Gasteiger partial charge in [-0.15, -0.1) is 0 Å². The monoisotopic (exact) mass is 394 g/mol. The average Bonchev–Trinajstić information content (AvgIpc) is 3.10. The van der Waals surface area contributed by atoms with E-state index in [1.165, 1.54) is 10.9 Å². The topological polar surface area (TPSA) is 132 Å². The lowest BCUT2D eigenvalue weighted by Gasteiger charge is -2.08. The molecule has 4 aromatic rings. The lowest BCUT2D eigenvalue weighted by molar-refractivity contribution is -0.122. The number of nitrogens with one attached hydrogen (secondary N) is 1. The first-order valence-corrected chi connectivity index (χ1v) is 8.64. The average molecular weight is 394 g/mol. The minimum absolute atomic E-state index is 0.171. The predicted octanol–water partition coefficient (Wildman–Crippen LogP) is 0.809. The second-order valence-electron chi connectivity index (χ2n) is 6.02. The van der Waals surface area contributed by atoms with Gasteiger partial charge in [0.2, 0.25) is 0 Å². The molecule has 0 saturated heterocycles. The maximum absolute atomic E-state index is 12.4. The number of carboxylic acid groups (broad SMARTS) is 1. The van der Waals surface area contributed by atoms with Gasteiger partial charge in [-0.3, -0.25) is 24.0 Å². The van der Waals surface area contributed by atoms with Crippen molar-refractivity contribution in [1.29, 1.82) is 0 Å². The van der Waals surface area contributed by atoms with E-state index in [4.69, 9.17) is 9.90 Å². The summed E-state index contributed by atoms with van der Waals surface area (Å²) < 4.78 is 3.02. The van der Waals surface area contributed by atoms with Gasteiger partial charge in [-0.1, -0.05) is 18.2 Å². The highest BCUT2D eigenvalue weighted by atomic mass is 16.3. The Bertz CT molecular complexity index is 1230. The van der Waals surface area contributed by atoms with E-state index >= 15 is 0 Å². The minimum atomic E-state index is -0.255. The molecule has 1 aromatic carbocycles. The molecule has 3 aromatic heterocycles. The van der Waals surface area contributed by atoms with E-state index in [0.29, 0.717) is 10.9 Å². The van der Waals surface area contributed by atoms with Gasteiger partial charge >= 0.3 is 0 Å². The maximum Gasteiger partial charge on any atom is 0.290 e. The SMILES string of the molecule is Cn1ncc2ncc(C(=O)NCCn3ncc4ccccc4c3=O)cc21.O=CO. The first kappa shape index (κ1) is 19.7. The Kier molecular flexibility index (Phi) is 5.93. The van der Waals surface area contributed by atoms with E-state index in [9.17, 15) is 9.59 Å². The van der Waals surface area contributed by atoms with Crippen molar-refractivity contribution < 1.29 is 14.7 Å². The summed E-state index contributed by atoms with van der Waals surface area (Å²) in [6.45, 7) is 0.324. The molecular formula is C19H18N6O4. The molecule has 10 nitrogen and oxygen atoms in total. The summed E-state index contributed by atoms with van der Waals surface area (Å²) in [7, 11) is 1.80. The smallest absolute Gasteiger partial charge is 0.290 e. The third-order valence-electron chi connectivity index (χ3n) is 4.23. The fourth-order valence-electron chi connectivity index (χ4n) is 2.81. The van der Waals surface area contributed by atoms with Gasteiger partial charge in [0.05, 0.1) is 35.4 Å². The van der Waals surface area contributed by atoms with Crippen LogP contribution in [-0.2, 0) is 18.4 Å². The van der Waals surface area contributed by atoms with Crippen LogP contribution in [0.3, 0.4) is 0 Å². The lowest BCUT2D eigenvalue weighted by atomic mass is 10.2. The van der Waals surface area contributed by atoms with Crippen LogP contribution in [0.5, 0.6) is 0 Å². The number of aryl methyl sites for hydroxylation is 1. The molecule has 4 rings (SSSR count). The summed E-state index contributed by atoms with van der Waals surface area (Å²) >= 11 is 0. The second-order valence-corrected chi connectivity index (χ2v) is 6.02. The van der Waals surface area contributed by atoms with Gasteiger partial charge in [0.1, 0.15) is 5.52 Å². The van der Waals surface area contributed by atoms with Crippen molar-refractivity contribution in [3.05, 3.63) is 64.8 Å². The molecule has 3 heterocycles. The van der Waals surface area contributed by atoms with Gasteiger partial charge in [0, 0.05) is 25.2 Å². The van der Waals surface area contributed by atoms with Gasteiger partial charge < -0.3 is 10.4 Å². The van der Waals surface area contributed by atoms with E-state index < -0.39 is 0 Å². The van der Waals surface area contributed by atoms with Crippen molar-refractivity contribution in [3.8, 4) is 0 Å². The molecule has 29 heavy (non-hydrogen) atoms. The molecule has 1 amide bonds. The molecule has 2 N–H and O–H groups in total. The summed E-state index contributed by atoms with van der Waals surface area (Å²) in [5, 5.41) is 19.3. The van der Waals surface area contributed by atoms with Crippen LogP contribution in [0.15, 0.2) is 53.7 Å². The fraction of sp³-hybridized carbons (Fsp3) is 0.158. The number of benzene rings is 1. The highest BCUT2D eigenvalue weighted by Crippen LogP contribution is 2.11.